The molecule has 0 N–H and O–H groups in total. The SMILES string of the molecule is CCOc1ccccc1N1CCN(C(=O)[C@H]2CCCN(C(=O)c3ccoc3C)C2)CC1. The van der Waals surface area contributed by atoms with Crippen molar-refractivity contribution in [2.75, 3.05) is 50.8 Å². The molecular weight excluding hydrogens is 394 g/mol. The Morgan fingerprint density at radius 1 is 1.06 bits per heavy atom. The van der Waals surface area contributed by atoms with E-state index in [9.17, 15) is 9.59 Å². The van der Waals surface area contributed by atoms with Crippen LogP contribution in [0.2, 0.25) is 0 Å². The topological polar surface area (TPSA) is 66.2 Å². The molecule has 0 unspecified atom stereocenters. The molecular formula is C24H31N3O4. The summed E-state index contributed by atoms with van der Waals surface area (Å²) < 4.78 is 11.0. The van der Waals surface area contributed by atoms with E-state index in [1.165, 1.54) is 0 Å². The molecule has 2 amide bonds. The van der Waals surface area contributed by atoms with Gasteiger partial charge in [-0.15, -0.1) is 0 Å². The summed E-state index contributed by atoms with van der Waals surface area (Å²) in [5, 5.41) is 0. The van der Waals surface area contributed by atoms with Gasteiger partial charge in [0.25, 0.3) is 5.91 Å². The molecule has 166 valence electrons. The summed E-state index contributed by atoms with van der Waals surface area (Å²) in [6, 6.07) is 9.78. The van der Waals surface area contributed by atoms with Gasteiger partial charge >= 0.3 is 0 Å². The summed E-state index contributed by atoms with van der Waals surface area (Å²) >= 11 is 0. The van der Waals surface area contributed by atoms with Gasteiger partial charge in [0.05, 0.1) is 30.0 Å². The van der Waals surface area contributed by atoms with Gasteiger partial charge in [0.15, 0.2) is 0 Å². The minimum Gasteiger partial charge on any atom is -0.492 e. The first-order chi connectivity index (χ1) is 15.1. The van der Waals surface area contributed by atoms with Crippen LogP contribution in [0.3, 0.4) is 0 Å². The zero-order chi connectivity index (χ0) is 21.8. The van der Waals surface area contributed by atoms with Gasteiger partial charge in [-0.05, 0) is 44.9 Å². The van der Waals surface area contributed by atoms with E-state index in [2.05, 4.69) is 11.0 Å². The highest BCUT2D eigenvalue weighted by Gasteiger charge is 2.33. The maximum absolute atomic E-state index is 13.2. The third-order valence-electron chi connectivity index (χ3n) is 6.24. The predicted octanol–water partition coefficient (Wildman–Crippen LogP) is 3.19. The molecule has 2 fully saturated rings. The largest absolute Gasteiger partial charge is 0.492 e. The Labute approximate surface area is 183 Å². The number of aryl methyl sites for hydroxylation is 1. The minimum absolute atomic E-state index is 0.0406. The lowest BCUT2D eigenvalue weighted by molar-refractivity contribution is -0.137. The third kappa shape index (κ3) is 4.55. The number of anilines is 1. The average molecular weight is 426 g/mol. The number of ether oxygens (including phenoxy) is 1. The van der Waals surface area contributed by atoms with Crippen LogP contribution in [-0.2, 0) is 4.79 Å². The van der Waals surface area contributed by atoms with Crippen LogP contribution in [0.5, 0.6) is 5.75 Å². The lowest BCUT2D eigenvalue weighted by Crippen LogP contribution is -2.53. The smallest absolute Gasteiger partial charge is 0.257 e. The van der Waals surface area contributed by atoms with E-state index >= 15 is 0 Å². The van der Waals surface area contributed by atoms with E-state index in [1.807, 2.05) is 30.0 Å². The van der Waals surface area contributed by atoms with E-state index in [0.717, 1.165) is 37.4 Å². The molecule has 2 aliphatic heterocycles. The maximum atomic E-state index is 13.2. The van der Waals surface area contributed by atoms with Gasteiger partial charge in [-0.25, -0.2) is 0 Å². The van der Waals surface area contributed by atoms with Crippen molar-refractivity contribution < 1.29 is 18.7 Å². The van der Waals surface area contributed by atoms with Gasteiger partial charge in [-0.1, -0.05) is 12.1 Å². The lowest BCUT2D eigenvalue weighted by atomic mass is 9.95. The number of likely N-dealkylation sites (tertiary alicyclic amines) is 1. The molecule has 0 bridgehead atoms. The summed E-state index contributed by atoms with van der Waals surface area (Å²) in [7, 11) is 0. The number of benzene rings is 1. The second-order valence-electron chi connectivity index (χ2n) is 8.19. The molecule has 3 heterocycles. The monoisotopic (exact) mass is 425 g/mol. The minimum atomic E-state index is -0.132. The van der Waals surface area contributed by atoms with E-state index in [4.69, 9.17) is 9.15 Å². The number of piperazine rings is 1. The van der Waals surface area contributed by atoms with Gasteiger partial charge in [-0.3, -0.25) is 9.59 Å². The first-order valence-electron chi connectivity index (χ1n) is 11.2. The molecule has 2 aliphatic rings. The van der Waals surface area contributed by atoms with Crippen LogP contribution in [0, 0.1) is 12.8 Å². The molecule has 1 atom stereocenters. The Kier molecular flexibility index (Phi) is 6.49. The number of amides is 2. The van der Waals surface area contributed by atoms with Crippen LogP contribution in [-0.4, -0.2) is 67.5 Å². The third-order valence-corrected chi connectivity index (χ3v) is 6.24. The number of piperidine rings is 1. The maximum Gasteiger partial charge on any atom is 0.257 e. The standard InChI is InChI=1S/C24H31N3O4/c1-3-30-22-9-5-4-8-21(22)25-12-14-26(15-13-25)23(28)19-7-6-11-27(17-19)24(29)20-10-16-31-18(20)2/h4-5,8-10,16,19H,3,6-7,11-15,17H2,1-2H3/t19-/m0/s1. The Hall–Kier alpha value is -2.96. The summed E-state index contributed by atoms with van der Waals surface area (Å²) in [5.74, 6) is 1.51. The zero-order valence-electron chi connectivity index (χ0n) is 18.4. The molecule has 31 heavy (non-hydrogen) atoms. The molecule has 1 aromatic carbocycles. The number of nitrogens with zero attached hydrogens (tertiary/aromatic N) is 3. The fraction of sp³-hybridized carbons (Fsp3) is 0.500. The Bertz CT molecular complexity index is 917. The summed E-state index contributed by atoms with van der Waals surface area (Å²) in [5.41, 5.74) is 1.68. The number of para-hydroxylation sites is 2. The summed E-state index contributed by atoms with van der Waals surface area (Å²) in [6.45, 7) is 8.51. The number of hydrogen-bond donors (Lipinski definition) is 0. The first-order valence-corrected chi connectivity index (χ1v) is 11.2. The molecule has 2 saturated heterocycles. The highest BCUT2D eigenvalue weighted by Crippen LogP contribution is 2.29. The Balaban J connectivity index is 1.35. The van der Waals surface area contributed by atoms with Gasteiger partial charge in [0.2, 0.25) is 5.91 Å². The fourth-order valence-electron chi connectivity index (χ4n) is 4.56. The zero-order valence-corrected chi connectivity index (χ0v) is 18.4. The van der Waals surface area contributed by atoms with Gasteiger partial charge in [0, 0.05) is 39.3 Å². The molecule has 1 aromatic heterocycles. The van der Waals surface area contributed by atoms with Crippen molar-refractivity contribution in [2.24, 2.45) is 5.92 Å². The van der Waals surface area contributed by atoms with Crippen LogP contribution in [0.15, 0.2) is 41.0 Å². The van der Waals surface area contributed by atoms with Crippen LogP contribution < -0.4 is 9.64 Å². The van der Waals surface area contributed by atoms with Crippen molar-refractivity contribution in [3.63, 3.8) is 0 Å². The average Bonchev–Trinajstić information content (AvgIpc) is 3.25. The normalized spacial score (nSPS) is 19.4. The number of hydrogen-bond acceptors (Lipinski definition) is 5. The van der Waals surface area contributed by atoms with Crippen molar-refractivity contribution in [1.29, 1.82) is 0 Å². The van der Waals surface area contributed by atoms with Gasteiger partial charge in [-0.2, -0.15) is 0 Å². The van der Waals surface area contributed by atoms with Crippen LogP contribution in [0.4, 0.5) is 5.69 Å². The van der Waals surface area contributed by atoms with Crippen LogP contribution >= 0.6 is 0 Å². The number of carbonyl (C=O) groups excluding carboxylic acids is 2. The molecule has 0 spiro atoms. The van der Waals surface area contributed by atoms with Crippen molar-refractivity contribution in [3.05, 3.63) is 47.9 Å². The molecule has 7 nitrogen and oxygen atoms in total. The van der Waals surface area contributed by atoms with E-state index in [0.29, 0.717) is 44.1 Å². The highest BCUT2D eigenvalue weighted by atomic mass is 16.5. The number of carbonyl (C=O) groups is 2. The molecule has 7 heteroatoms. The summed E-state index contributed by atoms with van der Waals surface area (Å²) in [6.07, 6.45) is 3.22. The number of furan rings is 1. The van der Waals surface area contributed by atoms with Crippen molar-refractivity contribution in [1.82, 2.24) is 9.80 Å². The molecule has 0 radical (unpaired) electrons. The van der Waals surface area contributed by atoms with E-state index < -0.39 is 0 Å². The fourth-order valence-corrected chi connectivity index (χ4v) is 4.56. The predicted molar refractivity (Wildman–Crippen MR) is 118 cm³/mol. The highest BCUT2D eigenvalue weighted by molar-refractivity contribution is 5.95. The van der Waals surface area contributed by atoms with E-state index in [-0.39, 0.29) is 17.7 Å². The quantitative estimate of drug-likeness (QED) is 0.736. The van der Waals surface area contributed by atoms with Crippen LogP contribution in [0.25, 0.3) is 0 Å². The second kappa shape index (κ2) is 9.45. The molecule has 0 saturated carbocycles. The van der Waals surface area contributed by atoms with Gasteiger partial charge < -0.3 is 23.9 Å². The van der Waals surface area contributed by atoms with E-state index in [1.54, 1.807) is 24.2 Å². The lowest BCUT2D eigenvalue weighted by Gasteiger charge is -2.40. The second-order valence-corrected chi connectivity index (χ2v) is 8.19. The summed E-state index contributed by atoms with van der Waals surface area (Å²) in [4.78, 5) is 32.1. The van der Waals surface area contributed by atoms with Gasteiger partial charge in [0.1, 0.15) is 11.5 Å². The molecule has 4 rings (SSSR count). The first kappa shape index (κ1) is 21.3. The number of rotatable bonds is 5. The Morgan fingerprint density at radius 2 is 1.84 bits per heavy atom. The van der Waals surface area contributed by atoms with Crippen LogP contribution in [0.1, 0.15) is 35.9 Å². The molecule has 2 aromatic rings. The van der Waals surface area contributed by atoms with Crippen molar-refractivity contribution in [2.45, 2.75) is 26.7 Å². The Morgan fingerprint density at radius 3 is 2.55 bits per heavy atom. The van der Waals surface area contributed by atoms with Crippen molar-refractivity contribution >= 4 is 17.5 Å². The van der Waals surface area contributed by atoms with Crippen molar-refractivity contribution in [3.8, 4) is 5.75 Å². The molecule has 0 aliphatic carbocycles.